The SMILES string of the molecule is CNCC[C@H](C)OC. The molecule has 0 amide bonds. The Bertz CT molecular complexity index is 47.8. The van der Waals surface area contributed by atoms with Crippen LogP contribution in [0.25, 0.3) is 0 Å². The van der Waals surface area contributed by atoms with Gasteiger partial charge in [-0.2, -0.15) is 0 Å². The van der Waals surface area contributed by atoms with E-state index < -0.39 is 0 Å². The maximum atomic E-state index is 5.01. The molecule has 0 bridgehead atoms. The van der Waals surface area contributed by atoms with Crippen molar-refractivity contribution < 1.29 is 4.74 Å². The third-order valence-electron chi connectivity index (χ3n) is 1.20. The summed E-state index contributed by atoms with van der Waals surface area (Å²) in [6.45, 7) is 3.10. The van der Waals surface area contributed by atoms with Gasteiger partial charge in [-0.3, -0.25) is 0 Å². The van der Waals surface area contributed by atoms with E-state index in [0.29, 0.717) is 6.10 Å². The molecule has 0 aromatic heterocycles. The third kappa shape index (κ3) is 4.09. The van der Waals surface area contributed by atoms with Crippen LogP contribution in [0.1, 0.15) is 13.3 Å². The largest absolute Gasteiger partial charge is 0.382 e. The first kappa shape index (κ1) is 7.92. The van der Waals surface area contributed by atoms with Crippen LogP contribution < -0.4 is 5.32 Å². The van der Waals surface area contributed by atoms with Gasteiger partial charge in [0.15, 0.2) is 0 Å². The van der Waals surface area contributed by atoms with Gasteiger partial charge in [-0.25, -0.2) is 0 Å². The van der Waals surface area contributed by atoms with Gasteiger partial charge >= 0.3 is 0 Å². The molecule has 0 aliphatic rings. The van der Waals surface area contributed by atoms with Gasteiger partial charge in [-0.1, -0.05) is 0 Å². The van der Waals surface area contributed by atoms with Crippen LogP contribution >= 0.6 is 0 Å². The quantitative estimate of drug-likeness (QED) is 0.583. The number of hydrogen-bond acceptors (Lipinski definition) is 2. The molecule has 0 spiro atoms. The van der Waals surface area contributed by atoms with Gasteiger partial charge in [0.2, 0.25) is 0 Å². The molecule has 2 heteroatoms. The Balaban J connectivity index is 2.86. The standard InChI is InChI=1S/C6H15NO/c1-6(8-3)4-5-7-2/h6-7H,4-5H2,1-3H3/t6-/m0/s1. The minimum absolute atomic E-state index is 0.391. The average Bonchev–Trinajstić information content (AvgIpc) is 1.83. The Morgan fingerprint density at radius 3 is 2.62 bits per heavy atom. The van der Waals surface area contributed by atoms with Gasteiger partial charge in [-0.15, -0.1) is 0 Å². The zero-order chi connectivity index (χ0) is 6.41. The summed E-state index contributed by atoms with van der Waals surface area (Å²) in [5.41, 5.74) is 0. The number of methoxy groups -OCH3 is 1. The third-order valence-corrected chi connectivity index (χ3v) is 1.20. The molecule has 2 nitrogen and oxygen atoms in total. The van der Waals surface area contributed by atoms with Crippen molar-refractivity contribution in [1.82, 2.24) is 5.32 Å². The lowest BCUT2D eigenvalue weighted by molar-refractivity contribution is 0.111. The normalized spacial score (nSPS) is 13.9. The number of rotatable bonds is 4. The smallest absolute Gasteiger partial charge is 0.0555 e. The Morgan fingerprint density at radius 1 is 1.62 bits per heavy atom. The van der Waals surface area contributed by atoms with E-state index in [2.05, 4.69) is 12.2 Å². The summed E-state index contributed by atoms with van der Waals surface area (Å²) in [6, 6.07) is 0. The summed E-state index contributed by atoms with van der Waals surface area (Å²) >= 11 is 0. The van der Waals surface area contributed by atoms with Gasteiger partial charge in [0.05, 0.1) is 6.10 Å². The summed E-state index contributed by atoms with van der Waals surface area (Å²) in [4.78, 5) is 0. The van der Waals surface area contributed by atoms with E-state index in [4.69, 9.17) is 4.74 Å². The molecule has 0 aromatic carbocycles. The molecular weight excluding hydrogens is 102 g/mol. The second-order valence-corrected chi connectivity index (χ2v) is 1.94. The summed E-state index contributed by atoms with van der Waals surface area (Å²) in [5, 5.41) is 3.05. The van der Waals surface area contributed by atoms with Crippen molar-refractivity contribution in [3.63, 3.8) is 0 Å². The average molecular weight is 117 g/mol. The van der Waals surface area contributed by atoms with Crippen LogP contribution in [0.3, 0.4) is 0 Å². The highest BCUT2D eigenvalue weighted by molar-refractivity contribution is 4.49. The first-order valence-corrected chi connectivity index (χ1v) is 2.98. The molecular formula is C6H15NO. The summed E-state index contributed by atoms with van der Waals surface area (Å²) < 4.78 is 5.01. The Labute approximate surface area is 51.2 Å². The molecule has 0 saturated carbocycles. The molecule has 0 radical (unpaired) electrons. The molecule has 0 unspecified atom stereocenters. The van der Waals surface area contributed by atoms with Crippen LogP contribution in [0.5, 0.6) is 0 Å². The molecule has 0 fully saturated rings. The molecule has 0 aliphatic carbocycles. The van der Waals surface area contributed by atoms with Crippen molar-refractivity contribution >= 4 is 0 Å². The minimum atomic E-state index is 0.391. The van der Waals surface area contributed by atoms with Gasteiger partial charge < -0.3 is 10.1 Å². The molecule has 8 heavy (non-hydrogen) atoms. The molecule has 0 rings (SSSR count). The summed E-state index contributed by atoms with van der Waals surface area (Å²) in [5.74, 6) is 0. The lowest BCUT2D eigenvalue weighted by Gasteiger charge is -2.06. The molecule has 1 atom stereocenters. The van der Waals surface area contributed by atoms with Crippen LogP contribution in [0, 0.1) is 0 Å². The van der Waals surface area contributed by atoms with E-state index in [1.165, 1.54) is 0 Å². The zero-order valence-corrected chi connectivity index (χ0v) is 5.90. The second-order valence-electron chi connectivity index (χ2n) is 1.94. The van der Waals surface area contributed by atoms with Crippen LogP contribution in [-0.4, -0.2) is 26.8 Å². The fourth-order valence-electron chi connectivity index (χ4n) is 0.465. The number of nitrogens with one attached hydrogen (secondary N) is 1. The maximum absolute atomic E-state index is 5.01. The first-order chi connectivity index (χ1) is 3.81. The Hall–Kier alpha value is -0.0800. The van der Waals surface area contributed by atoms with E-state index in [9.17, 15) is 0 Å². The first-order valence-electron chi connectivity index (χ1n) is 2.98. The van der Waals surface area contributed by atoms with Crippen LogP contribution in [0.2, 0.25) is 0 Å². The van der Waals surface area contributed by atoms with E-state index in [1.54, 1.807) is 7.11 Å². The van der Waals surface area contributed by atoms with E-state index >= 15 is 0 Å². The number of ether oxygens (including phenoxy) is 1. The van der Waals surface area contributed by atoms with Crippen LogP contribution in [0.15, 0.2) is 0 Å². The number of hydrogen-bond donors (Lipinski definition) is 1. The lowest BCUT2D eigenvalue weighted by Crippen LogP contribution is -2.15. The predicted molar refractivity (Wildman–Crippen MR) is 35.0 cm³/mol. The lowest BCUT2D eigenvalue weighted by atomic mass is 10.3. The highest BCUT2D eigenvalue weighted by Gasteiger charge is 1.94. The molecule has 0 aromatic rings. The second kappa shape index (κ2) is 5.06. The Kier molecular flexibility index (Phi) is 5.01. The highest BCUT2D eigenvalue weighted by Crippen LogP contribution is 1.91. The zero-order valence-electron chi connectivity index (χ0n) is 5.90. The molecule has 50 valence electrons. The summed E-state index contributed by atoms with van der Waals surface area (Å²) in [7, 11) is 3.68. The van der Waals surface area contributed by atoms with Crippen molar-refractivity contribution in [3.05, 3.63) is 0 Å². The van der Waals surface area contributed by atoms with Crippen LogP contribution in [-0.2, 0) is 4.74 Å². The maximum Gasteiger partial charge on any atom is 0.0555 e. The van der Waals surface area contributed by atoms with Gasteiger partial charge in [0.25, 0.3) is 0 Å². The minimum Gasteiger partial charge on any atom is -0.382 e. The molecule has 0 aliphatic heterocycles. The van der Waals surface area contributed by atoms with Crippen molar-refractivity contribution in [3.8, 4) is 0 Å². The Morgan fingerprint density at radius 2 is 2.25 bits per heavy atom. The van der Waals surface area contributed by atoms with Crippen LogP contribution in [0.4, 0.5) is 0 Å². The molecule has 0 saturated heterocycles. The van der Waals surface area contributed by atoms with Crippen molar-refractivity contribution in [2.75, 3.05) is 20.7 Å². The van der Waals surface area contributed by atoms with Gasteiger partial charge in [0, 0.05) is 7.11 Å². The van der Waals surface area contributed by atoms with E-state index in [1.807, 2.05) is 7.05 Å². The predicted octanol–water partition coefficient (Wildman–Crippen LogP) is 0.631. The monoisotopic (exact) mass is 117 g/mol. The van der Waals surface area contributed by atoms with Crippen molar-refractivity contribution in [2.24, 2.45) is 0 Å². The van der Waals surface area contributed by atoms with E-state index in [-0.39, 0.29) is 0 Å². The van der Waals surface area contributed by atoms with Crippen molar-refractivity contribution in [1.29, 1.82) is 0 Å². The summed E-state index contributed by atoms with van der Waals surface area (Å²) in [6.07, 6.45) is 1.48. The fourth-order valence-corrected chi connectivity index (χ4v) is 0.465. The van der Waals surface area contributed by atoms with Crippen molar-refractivity contribution in [2.45, 2.75) is 19.4 Å². The topological polar surface area (TPSA) is 21.3 Å². The molecule has 1 N–H and O–H groups in total. The van der Waals surface area contributed by atoms with E-state index in [0.717, 1.165) is 13.0 Å². The molecule has 0 heterocycles. The van der Waals surface area contributed by atoms with Gasteiger partial charge in [0.1, 0.15) is 0 Å². The highest BCUT2D eigenvalue weighted by atomic mass is 16.5. The van der Waals surface area contributed by atoms with Gasteiger partial charge in [-0.05, 0) is 26.9 Å². The fraction of sp³-hybridized carbons (Fsp3) is 1.00.